The third-order valence-electron chi connectivity index (χ3n) is 4.04. The number of hydrogen-bond acceptors (Lipinski definition) is 4. The van der Waals surface area contributed by atoms with Gasteiger partial charge >= 0.3 is 0 Å². The predicted molar refractivity (Wildman–Crippen MR) is 99.1 cm³/mol. The van der Waals surface area contributed by atoms with E-state index in [2.05, 4.69) is 10.9 Å². The average Bonchev–Trinajstić information content (AvgIpc) is 2.62. The van der Waals surface area contributed by atoms with Crippen LogP contribution in [0, 0.1) is 27.7 Å². The molecule has 6 heteroatoms. The molecule has 2 N–H and O–H groups in total. The van der Waals surface area contributed by atoms with Crippen molar-refractivity contribution >= 4 is 11.8 Å². The summed E-state index contributed by atoms with van der Waals surface area (Å²) >= 11 is 0. The number of ether oxygens (including phenoxy) is 2. The molecule has 0 bridgehead atoms. The fourth-order valence-electron chi connectivity index (χ4n) is 2.12. The summed E-state index contributed by atoms with van der Waals surface area (Å²) in [5, 5.41) is 0. The van der Waals surface area contributed by atoms with Gasteiger partial charge in [0.25, 0.3) is 11.8 Å². The minimum atomic E-state index is -0.456. The molecule has 0 fully saturated rings. The second-order valence-electron chi connectivity index (χ2n) is 6.17. The van der Waals surface area contributed by atoms with Gasteiger partial charge in [-0.15, -0.1) is 0 Å². The fourth-order valence-corrected chi connectivity index (χ4v) is 2.12. The normalized spacial score (nSPS) is 10.2. The maximum Gasteiger partial charge on any atom is 0.276 e. The summed E-state index contributed by atoms with van der Waals surface area (Å²) < 4.78 is 10.8. The van der Waals surface area contributed by atoms with Crippen LogP contribution in [0.3, 0.4) is 0 Å². The minimum Gasteiger partial charge on any atom is -0.484 e. The summed E-state index contributed by atoms with van der Waals surface area (Å²) in [4.78, 5) is 23.5. The summed E-state index contributed by atoms with van der Waals surface area (Å²) in [6, 6.07) is 11.2. The zero-order valence-corrected chi connectivity index (χ0v) is 15.5. The highest BCUT2D eigenvalue weighted by Gasteiger charge is 2.07. The number of aryl methyl sites for hydroxylation is 4. The summed E-state index contributed by atoms with van der Waals surface area (Å²) in [5.41, 5.74) is 9.05. The topological polar surface area (TPSA) is 76.7 Å². The maximum atomic E-state index is 11.7. The van der Waals surface area contributed by atoms with Gasteiger partial charge in [-0.05, 0) is 74.2 Å². The van der Waals surface area contributed by atoms with E-state index in [9.17, 15) is 9.59 Å². The van der Waals surface area contributed by atoms with Gasteiger partial charge < -0.3 is 9.47 Å². The van der Waals surface area contributed by atoms with E-state index in [0.29, 0.717) is 11.5 Å². The molecule has 0 aromatic heterocycles. The van der Waals surface area contributed by atoms with Gasteiger partial charge in [0.05, 0.1) is 0 Å². The van der Waals surface area contributed by atoms with Gasteiger partial charge in [0.2, 0.25) is 0 Å². The molecule has 0 aliphatic rings. The molecule has 0 unspecified atom stereocenters. The fraction of sp³-hybridized carbons (Fsp3) is 0.300. The van der Waals surface area contributed by atoms with Crippen LogP contribution in [-0.4, -0.2) is 25.0 Å². The Kier molecular flexibility index (Phi) is 6.60. The smallest absolute Gasteiger partial charge is 0.276 e. The van der Waals surface area contributed by atoms with Gasteiger partial charge in [0.1, 0.15) is 11.5 Å². The van der Waals surface area contributed by atoms with Crippen LogP contribution in [0.4, 0.5) is 0 Å². The molecule has 0 spiro atoms. The van der Waals surface area contributed by atoms with Crippen molar-refractivity contribution in [2.45, 2.75) is 27.7 Å². The van der Waals surface area contributed by atoms with Gasteiger partial charge in [-0.2, -0.15) is 0 Å². The number of rotatable bonds is 6. The van der Waals surface area contributed by atoms with E-state index in [1.54, 1.807) is 12.1 Å². The summed E-state index contributed by atoms with van der Waals surface area (Å²) in [6.07, 6.45) is 0. The van der Waals surface area contributed by atoms with Crippen LogP contribution in [-0.2, 0) is 9.59 Å². The van der Waals surface area contributed by atoms with Crippen LogP contribution in [0.15, 0.2) is 36.4 Å². The second-order valence-corrected chi connectivity index (χ2v) is 6.17. The molecule has 2 aromatic carbocycles. The van der Waals surface area contributed by atoms with E-state index in [0.717, 1.165) is 22.3 Å². The summed E-state index contributed by atoms with van der Waals surface area (Å²) in [5.74, 6) is 0.297. The van der Waals surface area contributed by atoms with E-state index in [1.165, 1.54) is 0 Å². The van der Waals surface area contributed by atoms with Crippen LogP contribution in [0.25, 0.3) is 0 Å². The van der Waals surface area contributed by atoms with Crippen molar-refractivity contribution in [3.8, 4) is 11.5 Å². The minimum absolute atomic E-state index is 0.194. The molecule has 0 atom stereocenters. The van der Waals surface area contributed by atoms with Gasteiger partial charge in [-0.3, -0.25) is 20.4 Å². The van der Waals surface area contributed by atoms with Gasteiger partial charge in [-0.25, -0.2) is 0 Å². The molecule has 0 radical (unpaired) electrons. The van der Waals surface area contributed by atoms with Crippen molar-refractivity contribution in [3.63, 3.8) is 0 Å². The van der Waals surface area contributed by atoms with E-state index < -0.39 is 11.8 Å². The molecule has 0 saturated carbocycles. The Morgan fingerprint density at radius 3 is 1.42 bits per heavy atom. The van der Waals surface area contributed by atoms with E-state index in [1.807, 2.05) is 52.0 Å². The Bertz CT molecular complexity index is 735. The Morgan fingerprint density at radius 2 is 1.08 bits per heavy atom. The number of carbonyl (C=O) groups excluding carboxylic acids is 2. The Hall–Kier alpha value is -3.02. The Labute approximate surface area is 153 Å². The third-order valence-corrected chi connectivity index (χ3v) is 4.04. The predicted octanol–water partition coefficient (Wildman–Crippen LogP) is 2.53. The highest BCUT2D eigenvalue weighted by molar-refractivity contribution is 5.83. The SMILES string of the molecule is Cc1ccc(OCC(=O)NNC(=O)COc2ccc(C)c(C)c2)cc1C. The van der Waals surface area contributed by atoms with Crippen LogP contribution >= 0.6 is 0 Å². The van der Waals surface area contributed by atoms with E-state index >= 15 is 0 Å². The van der Waals surface area contributed by atoms with E-state index in [4.69, 9.17) is 9.47 Å². The lowest BCUT2D eigenvalue weighted by Crippen LogP contribution is -2.45. The number of benzene rings is 2. The van der Waals surface area contributed by atoms with Crippen LogP contribution in [0.1, 0.15) is 22.3 Å². The first-order chi connectivity index (χ1) is 12.3. The third kappa shape index (κ3) is 5.81. The van der Waals surface area contributed by atoms with Crippen LogP contribution in [0.5, 0.6) is 11.5 Å². The lowest BCUT2D eigenvalue weighted by atomic mass is 10.1. The second kappa shape index (κ2) is 8.89. The van der Waals surface area contributed by atoms with Crippen molar-refractivity contribution < 1.29 is 19.1 Å². The largest absolute Gasteiger partial charge is 0.484 e. The molecule has 138 valence electrons. The highest BCUT2D eigenvalue weighted by Crippen LogP contribution is 2.17. The lowest BCUT2D eigenvalue weighted by molar-refractivity contribution is -0.131. The molecule has 2 rings (SSSR count). The van der Waals surface area contributed by atoms with Crippen molar-refractivity contribution in [1.82, 2.24) is 10.9 Å². The van der Waals surface area contributed by atoms with Gasteiger partial charge in [-0.1, -0.05) is 12.1 Å². The highest BCUT2D eigenvalue weighted by atomic mass is 16.5. The standard InChI is InChI=1S/C20H24N2O4/c1-13-5-7-17(9-15(13)3)25-11-19(23)21-22-20(24)12-26-18-8-6-14(2)16(4)10-18/h5-10H,11-12H2,1-4H3,(H,21,23)(H,22,24). The summed E-state index contributed by atoms with van der Waals surface area (Å²) in [6.45, 7) is 7.56. The molecular formula is C20H24N2O4. The molecule has 6 nitrogen and oxygen atoms in total. The molecule has 0 heterocycles. The van der Waals surface area contributed by atoms with Crippen molar-refractivity contribution in [1.29, 1.82) is 0 Å². The number of carbonyl (C=O) groups is 2. The molecule has 0 aliphatic carbocycles. The molecule has 2 amide bonds. The van der Waals surface area contributed by atoms with Crippen LogP contribution in [0.2, 0.25) is 0 Å². The maximum absolute atomic E-state index is 11.7. The number of hydrazine groups is 1. The first-order valence-corrected chi connectivity index (χ1v) is 8.33. The molecular weight excluding hydrogens is 332 g/mol. The lowest BCUT2D eigenvalue weighted by Gasteiger charge is -2.11. The first-order valence-electron chi connectivity index (χ1n) is 8.33. The molecule has 0 aliphatic heterocycles. The molecule has 26 heavy (non-hydrogen) atoms. The van der Waals surface area contributed by atoms with Crippen molar-refractivity contribution in [3.05, 3.63) is 58.7 Å². The van der Waals surface area contributed by atoms with Crippen molar-refractivity contribution in [2.75, 3.05) is 13.2 Å². The zero-order chi connectivity index (χ0) is 19.1. The number of amides is 2. The first kappa shape index (κ1) is 19.3. The van der Waals surface area contributed by atoms with E-state index in [-0.39, 0.29) is 13.2 Å². The van der Waals surface area contributed by atoms with Gasteiger partial charge in [0, 0.05) is 0 Å². The molecule has 0 saturated heterocycles. The van der Waals surface area contributed by atoms with Crippen molar-refractivity contribution in [2.24, 2.45) is 0 Å². The monoisotopic (exact) mass is 356 g/mol. The molecule has 2 aromatic rings. The average molecular weight is 356 g/mol. The number of hydrogen-bond donors (Lipinski definition) is 2. The Morgan fingerprint density at radius 1 is 0.692 bits per heavy atom. The van der Waals surface area contributed by atoms with Gasteiger partial charge in [0.15, 0.2) is 13.2 Å². The summed E-state index contributed by atoms with van der Waals surface area (Å²) in [7, 11) is 0. The Balaban J connectivity index is 1.70. The zero-order valence-electron chi connectivity index (χ0n) is 15.5. The number of nitrogens with one attached hydrogen (secondary N) is 2. The van der Waals surface area contributed by atoms with Crippen LogP contribution < -0.4 is 20.3 Å². The quantitative estimate of drug-likeness (QED) is 0.780.